The minimum atomic E-state index is -0.167. The molecule has 0 bridgehead atoms. The molecule has 7 heteroatoms. The summed E-state index contributed by atoms with van der Waals surface area (Å²) in [5.41, 5.74) is 2.08. The summed E-state index contributed by atoms with van der Waals surface area (Å²) < 4.78 is 11.0. The zero-order chi connectivity index (χ0) is 21.2. The molecule has 1 aliphatic heterocycles. The van der Waals surface area contributed by atoms with E-state index < -0.39 is 0 Å². The first-order chi connectivity index (χ1) is 14.7. The second-order valence-electron chi connectivity index (χ2n) is 7.11. The SMILES string of the molecule is CCCCOc1cccc(NCC(=O)Nc2ccc(C(=O)N3CCOCC3)cc2)c1. The number of nitrogens with one attached hydrogen (secondary N) is 2. The van der Waals surface area contributed by atoms with Gasteiger partial charge in [-0.2, -0.15) is 0 Å². The molecule has 0 spiro atoms. The summed E-state index contributed by atoms with van der Waals surface area (Å²) in [6.45, 7) is 5.29. The largest absolute Gasteiger partial charge is 0.494 e. The fraction of sp³-hybridized carbons (Fsp3) is 0.391. The predicted octanol–water partition coefficient (Wildman–Crippen LogP) is 3.39. The summed E-state index contributed by atoms with van der Waals surface area (Å²) >= 11 is 0. The highest BCUT2D eigenvalue weighted by Crippen LogP contribution is 2.18. The molecule has 1 heterocycles. The van der Waals surface area contributed by atoms with E-state index in [0.29, 0.717) is 44.2 Å². The van der Waals surface area contributed by atoms with Crippen molar-refractivity contribution in [3.05, 3.63) is 54.1 Å². The van der Waals surface area contributed by atoms with E-state index in [1.807, 2.05) is 24.3 Å². The molecule has 1 aliphatic rings. The van der Waals surface area contributed by atoms with Crippen LogP contribution in [0.1, 0.15) is 30.1 Å². The van der Waals surface area contributed by atoms with E-state index in [1.165, 1.54) is 0 Å². The lowest BCUT2D eigenvalue weighted by Gasteiger charge is -2.26. The number of carbonyl (C=O) groups excluding carboxylic acids is 2. The van der Waals surface area contributed by atoms with Gasteiger partial charge in [0.05, 0.1) is 26.4 Å². The minimum absolute atomic E-state index is 0.0149. The molecule has 2 amide bonds. The van der Waals surface area contributed by atoms with Crippen LogP contribution >= 0.6 is 0 Å². The number of unbranched alkanes of at least 4 members (excludes halogenated alkanes) is 1. The Hall–Kier alpha value is -3.06. The number of benzene rings is 2. The lowest BCUT2D eigenvalue weighted by Crippen LogP contribution is -2.40. The van der Waals surface area contributed by atoms with Crippen LogP contribution in [-0.4, -0.2) is 56.2 Å². The third-order valence-corrected chi connectivity index (χ3v) is 4.77. The van der Waals surface area contributed by atoms with Gasteiger partial charge >= 0.3 is 0 Å². The van der Waals surface area contributed by atoms with E-state index >= 15 is 0 Å². The summed E-state index contributed by atoms with van der Waals surface area (Å²) in [6, 6.07) is 14.5. The van der Waals surface area contributed by atoms with Gasteiger partial charge < -0.3 is 25.0 Å². The van der Waals surface area contributed by atoms with E-state index in [-0.39, 0.29) is 18.4 Å². The highest BCUT2D eigenvalue weighted by molar-refractivity contribution is 5.96. The molecule has 7 nitrogen and oxygen atoms in total. The van der Waals surface area contributed by atoms with Crippen molar-refractivity contribution in [3.63, 3.8) is 0 Å². The number of ether oxygens (including phenoxy) is 2. The average Bonchev–Trinajstić information content (AvgIpc) is 2.79. The fourth-order valence-corrected chi connectivity index (χ4v) is 3.06. The highest BCUT2D eigenvalue weighted by Gasteiger charge is 2.18. The van der Waals surface area contributed by atoms with Crippen LogP contribution < -0.4 is 15.4 Å². The number of anilines is 2. The van der Waals surface area contributed by atoms with Crippen molar-refractivity contribution < 1.29 is 19.1 Å². The van der Waals surface area contributed by atoms with Gasteiger partial charge in [0.15, 0.2) is 0 Å². The third kappa shape index (κ3) is 6.49. The maximum absolute atomic E-state index is 12.5. The molecule has 0 aliphatic carbocycles. The van der Waals surface area contributed by atoms with Crippen molar-refractivity contribution in [2.75, 3.05) is 50.1 Å². The minimum Gasteiger partial charge on any atom is -0.494 e. The molecule has 0 aromatic heterocycles. The van der Waals surface area contributed by atoms with Crippen molar-refractivity contribution in [2.45, 2.75) is 19.8 Å². The van der Waals surface area contributed by atoms with Gasteiger partial charge in [-0.05, 0) is 42.8 Å². The molecule has 2 aromatic rings. The molecule has 0 saturated carbocycles. The standard InChI is InChI=1S/C23H29N3O4/c1-2-3-13-30-21-6-4-5-20(16-21)24-17-22(27)25-19-9-7-18(8-10-19)23(28)26-11-14-29-15-12-26/h4-10,16,24H,2-3,11-15,17H2,1H3,(H,25,27). The molecular formula is C23H29N3O4. The van der Waals surface area contributed by atoms with Gasteiger partial charge in [-0.1, -0.05) is 19.4 Å². The second-order valence-corrected chi connectivity index (χ2v) is 7.11. The third-order valence-electron chi connectivity index (χ3n) is 4.77. The predicted molar refractivity (Wildman–Crippen MR) is 117 cm³/mol. The van der Waals surface area contributed by atoms with Crippen molar-refractivity contribution in [3.8, 4) is 5.75 Å². The summed E-state index contributed by atoms with van der Waals surface area (Å²) in [4.78, 5) is 26.5. The Labute approximate surface area is 177 Å². The molecule has 0 unspecified atom stereocenters. The van der Waals surface area contributed by atoms with Crippen molar-refractivity contribution in [1.82, 2.24) is 4.90 Å². The summed E-state index contributed by atoms with van der Waals surface area (Å²) in [6.07, 6.45) is 2.09. The fourth-order valence-electron chi connectivity index (χ4n) is 3.06. The van der Waals surface area contributed by atoms with Crippen molar-refractivity contribution >= 4 is 23.2 Å². The van der Waals surface area contributed by atoms with E-state index in [4.69, 9.17) is 9.47 Å². The monoisotopic (exact) mass is 411 g/mol. The zero-order valence-electron chi connectivity index (χ0n) is 17.4. The van der Waals surface area contributed by atoms with Gasteiger partial charge in [0.1, 0.15) is 5.75 Å². The summed E-state index contributed by atoms with van der Waals surface area (Å²) in [7, 11) is 0. The highest BCUT2D eigenvalue weighted by atomic mass is 16.5. The topological polar surface area (TPSA) is 79.9 Å². The molecular weight excluding hydrogens is 382 g/mol. The Morgan fingerprint density at radius 3 is 2.57 bits per heavy atom. The average molecular weight is 412 g/mol. The second kappa shape index (κ2) is 11.2. The van der Waals surface area contributed by atoms with E-state index in [1.54, 1.807) is 29.2 Å². The smallest absolute Gasteiger partial charge is 0.254 e. The summed E-state index contributed by atoms with van der Waals surface area (Å²) in [5.74, 6) is 0.604. The Morgan fingerprint density at radius 2 is 1.83 bits per heavy atom. The summed E-state index contributed by atoms with van der Waals surface area (Å²) in [5, 5.41) is 5.94. The molecule has 0 radical (unpaired) electrons. The molecule has 3 rings (SSSR count). The Morgan fingerprint density at radius 1 is 1.07 bits per heavy atom. The number of carbonyl (C=O) groups is 2. The van der Waals surface area contributed by atoms with Crippen LogP contribution in [0, 0.1) is 0 Å². The molecule has 2 N–H and O–H groups in total. The van der Waals surface area contributed by atoms with Gasteiger partial charge in [0.25, 0.3) is 5.91 Å². The first kappa shape index (κ1) is 21.6. The molecule has 1 saturated heterocycles. The maximum atomic E-state index is 12.5. The Bertz CT molecular complexity index is 833. The number of hydrogen-bond acceptors (Lipinski definition) is 5. The molecule has 30 heavy (non-hydrogen) atoms. The lowest BCUT2D eigenvalue weighted by atomic mass is 10.1. The molecule has 2 aromatic carbocycles. The van der Waals surface area contributed by atoms with E-state index in [0.717, 1.165) is 24.3 Å². The molecule has 0 atom stereocenters. The van der Waals surface area contributed by atoms with E-state index in [2.05, 4.69) is 17.6 Å². The maximum Gasteiger partial charge on any atom is 0.254 e. The van der Waals surface area contributed by atoms with Crippen molar-refractivity contribution in [1.29, 1.82) is 0 Å². The van der Waals surface area contributed by atoms with Crippen LogP contribution in [0.25, 0.3) is 0 Å². The van der Waals surface area contributed by atoms with Crippen LogP contribution in [-0.2, 0) is 9.53 Å². The number of morpholine rings is 1. The van der Waals surface area contributed by atoms with Crippen LogP contribution in [0.4, 0.5) is 11.4 Å². The number of hydrogen-bond donors (Lipinski definition) is 2. The van der Waals surface area contributed by atoms with Crippen LogP contribution in [0.15, 0.2) is 48.5 Å². The van der Waals surface area contributed by atoms with Gasteiger partial charge in [-0.15, -0.1) is 0 Å². The molecule has 160 valence electrons. The number of amides is 2. The van der Waals surface area contributed by atoms with Gasteiger partial charge in [0, 0.05) is 36.1 Å². The van der Waals surface area contributed by atoms with Gasteiger partial charge in [0.2, 0.25) is 5.91 Å². The molecule has 1 fully saturated rings. The van der Waals surface area contributed by atoms with Gasteiger partial charge in [-0.25, -0.2) is 0 Å². The van der Waals surface area contributed by atoms with E-state index in [9.17, 15) is 9.59 Å². The van der Waals surface area contributed by atoms with Crippen LogP contribution in [0.5, 0.6) is 5.75 Å². The number of nitrogens with zero attached hydrogens (tertiary/aromatic N) is 1. The zero-order valence-corrected chi connectivity index (χ0v) is 17.4. The first-order valence-electron chi connectivity index (χ1n) is 10.4. The quantitative estimate of drug-likeness (QED) is 0.619. The Kier molecular flexibility index (Phi) is 8.09. The first-order valence-corrected chi connectivity index (χ1v) is 10.4. The number of rotatable bonds is 9. The van der Waals surface area contributed by atoms with Crippen molar-refractivity contribution in [2.24, 2.45) is 0 Å². The normalized spacial score (nSPS) is 13.6. The Balaban J connectivity index is 1.47. The van der Waals surface area contributed by atoms with Crippen LogP contribution in [0.3, 0.4) is 0 Å². The van der Waals surface area contributed by atoms with Crippen LogP contribution in [0.2, 0.25) is 0 Å². The lowest BCUT2D eigenvalue weighted by molar-refractivity contribution is -0.114. The van der Waals surface area contributed by atoms with Gasteiger partial charge in [-0.3, -0.25) is 9.59 Å².